The van der Waals surface area contributed by atoms with Gasteiger partial charge in [0.1, 0.15) is 0 Å². The fourth-order valence-electron chi connectivity index (χ4n) is 19.7. The first-order valence-electron chi connectivity index (χ1n) is 25.3. The van der Waals surface area contributed by atoms with E-state index in [0.29, 0.717) is 0 Å². The molecule has 2 heterocycles. The number of anilines is 1. The third-order valence-electron chi connectivity index (χ3n) is 18.6. The molecule has 68 heavy (non-hydrogen) atoms. The first kappa shape index (κ1) is 49.3. The predicted octanol–water partition coefficient (Wildman–Crippen LogP) is 15.3. The first-order valence-corrected chi connectivity index (χ1v) is 25.3. The van der Waals surface area contributed by atoms with Gasteiger partial charge in [-0.2, -0.15) is 0 Å². The van der Waals surface area contributed by atoms with Gasteiger partial charge in [0.05, 0.1) is 11.4 Å². The monoisotopic (exact) mass is 1070 g/mol. The maximum absolute atomic E-state index is 15.4. The Morgan fingerprint density at radius 2 is 0.735 bits per heavy atom. The van der Waals surface area contributed by atoms with Gasteiger partial charge in [-0.05, 0) is 193 Å². The molecule has 1 saturated heterocycles. The van der Waals surface area contributed by atoms with Crippen molar-refractivity contribution in [3.8, 4) is 56.3 Å². The molecule has 8 aliphatic carbocycles. The molecular weight excluding hydrogens is 995 g/mol. The van der Waals surface area contributed by atoms with E-state index in [1.807, 2.05) is 0 Å². The molecule has 5 heteroatoms. The number of hydrogen-bond acceptors (Lipinski definition) is 4. The summed E-state index contributed by atoms with van der Waals surface area (Å²) < 4.78 is 0. The number of nitrogens with zero attached hydrogens (tertiary/aromatic N) is 2. The number of aromatic nitrogens is 1. The van der Waals surface area contributed by atoms with E-state index in [1.54, 1.807) is 0 Å². The molecule has 9 aliphatic rings. The molecule has 14 rings (SSSR count). The third kappa shape index (κ3) is 7.79. The molecule has 1 aliphatic heterocycles. The van der Waals surface area contributed by atoms with Crippen LogP contribution in [0.15, 0.2) is 84.9 Å². The van der Waals surface area contributed by atoms with E-state index in [4.69, 9.17) is 4.98 Å². The molecule has 354 valence electrons. The summed E-state index contributed by atoms with van der Waals surface area (Å²) >= 11 is 0. The normalized spacial score (nSPS) is 34.9. The van der Waals surface area contributed by atoms with Crippen LogP contribution in [-0.4, -0.2) is 18.1 Å². The molecule has 0 N–H and O–H groups in total. The Balaban J connectivity index is 0.00000193. The van der Waals surface area contributed by atoms with E-state index in [0.717, 1.165) is 137 Å². The Hall–Kier alpha value is -3.70. The maximum atomic E-state index is 15.4. The molecule has 0 amide bonds. The minimum atomic E-state index is -0.0930. The Morgan fingerprint density at radius 1 is 0.426 bits per heavy atom. The van der Waals surface area contributed by atoms with Crippen molar-refractivity contribution < 1.29 is 36.1 Å². The van der Waals surface area contributed by atoms with Crippen LogP contribution in [0.5, 0.6) is 11.5 Å². The number of pyridine rings is 1. The first-order chi connectivity index (χ1) is 30.7. The Morgan fingerprint density at radius 3 is 1.06 bits per heavy atom. The molecule has 0 radical (unpaired) electrons. The molecule has 9 fully saturated rings. The second kappa shape index (κ2) is 16.2. The van der Waals surface area contributed by atoms with E-state index in [9.17, 15) is 0 Å². The van der Waals surface area contributed by atoms with Gasteiger partial charge < -0.3 is 30.0 Å². The number of hydrogen-bond donors (Lipinski definition) is 0. The third-order valence-corrected chi connectivity index (χ3v) is 18.6. The van der Waals surface area contributed by atoms with Crippen LogP contribution in [0.4, 0.5) is 5.69 Å². The van der Waals surface area contributed by atoms with E-state index in [2.05, 4.69) is 145 Å². The number of aryl methyl sites for hydroxylation is 2. The zero-order valence-electron chi connectivity index (χ0n) is 43.1. The summed E-state index contributed by atoms with van der Waals surface area (Å²) in [4.78, 5) is 8.10. The summed E-state index contributed by atoms with van der Waals surface area (Å²) in [6, 6.07) is 30.4. The SMILES string of the molecule is Cc1cc(-c2ccccc2-c2cc(N3CCCC3)cc(-c3ccccc3-c3cc(C)cc(C45CC6(C)CC(C)(CC(C)(C6)C4)C5)c3[O-])n2)c([O-])c(C23CC4(C)CC(C)(CC(C)(C4)C2)C3)c1.[CH3-].[CH3-].[Hf+4]. The summed E-state index contributed by atoms with van der Waals surface area (Å²) in [5.41, 5.74) is 14.2. The zero-order valence-corrected chi connectivity index (χ0v) is 46.7. The van der Waals surface area contributed by atoms with Crippen molar-refractivity contribution in [1.82, 2.24) is 4.98 Å². The summed E-state index contributed by atoms with van der Waals surface area (Å²) in [5, 5.41) is 30.8. The van der Waals surface area contributed by atoms with Crippen molar-refractivity contribution in [1.29, 1.82) is 0 Å². The van der Waals surface area contributed by atoms with Crippen molar-refractivity contribution >= 4 is 5.69 Å². The molecular formula is C63H76HfN2O2. The zero-order chi connectivity index (χ0) is 45.2. The average molecular weight is 1070 g/mol. The summed E-state index contributed by atoms with van der Waals surface area (Å²) in [5.74, 6) is 0.410. The van der Waals surface area contributed by atoms with Crippen molar-refractivity contribution in [3.63, 3.8) is 0 Å². The maximum Gasteiger partial charge on any atom is 4.00 e. The average Bonchev–Trinajstić information content (AvgIpc) is 3.74. The van der Waals surface area contributed by atoms with Gasteiger partial charge in [0.2, 0.25) is 0 Å². The van der Waals surface area contributed by atoms with Crippen LogP contribution < -0.4 is 15.1 Å². The van der Waals surface area contributed by atoms with Gasteiger partial charge in [-0.3, -0.25) is 0 Å². The van der Waals surface area contributed by atoms with Crippen molar-refractivity contribution in [2.24, 2.45) is 32.5 Å². The van der Waals surface area contributed by atoms with Crippen LogP contribution in [0.1, 0.15) is 154 Å². The van der Waals surface area contributed by atoms with Gasteiger partial charge in [-0.1, -0.05) is 137 Å². The second-order valence-electron chi connectivity index (χ2n) is 26.3. The van der Waals surface area contributed by atoms with Gasteiger partial charge in [-0.25, -0.2) is 4.98 Å². The van der Waals surface area contributed by atoms with Crippen LogP contribution in [-0.2, 0) is 36.7 Å². The van der Waals surface area contributed by atoms with Crippen LogP contribution >= 0.6 is 0 Å². The van der Waals surface area contributed by atoms with E-state index in [1.165, 1.54) is 38.5 Å². The van der Waals surface area contributed by atoms with Crippen LogP contribution in [0.25, 0.3) is 44.8 Å². The molecule has 0 spiro atoms. The molecule has 5 aromatic rings. The Bertz CT molecular complexity index is 2530. The largest absolute Gasteiger partial charge is 4.00 e. The Labute approximate surface area is 429 Å². The van der Waals surface area contributed by atoms with E-state index in [-0.39, 0.29) is 95.5 Å². The minimum absolute atomic E-state index is 0. The van der Waals surface area contributed by atoms with E-state index >= 15 is 10.2 Å². The number of rotatable bonds is 7. The van der Waals surface area contributed by atoms with Crippen molar-refractivity contribution in [3.05, 3.63) is 122 Å². The molecule has 8 saturated carbocycles. The van der Waals surface area contributed by atoms with Crippen LogP contribution in [0, 0.1) is 61.2 Å². The molecule has 4 aromatic carbocycles. The minimum Gasteiger partial charge on any atom is -0.872 e. The standard InChI is InChI=1S/C61H72N2O2.2CH3.Hf/c1-39-21-46(52(64)48(23-39)60-33-54(3)27-55(4,34-60)29-56(5,28-54)35-60)42-15-9-11-17-44(42)50-25-41(63-19-13-14-20-63)26-51(62-50)45-18-12-10-16-43(45)47-22-40(2)24-49(53(47)65)61-36-57(6)30-58(7,37-61)32-59(8,31-57)38-61;;;/h9-12,15-18,21-26,64-65H,13-14,19-20,27-38H2,1-8H3;2*1H3;/q;2*-1;+4/p-2. The molecule has 0 unspecified atom stereocenters. The summed E-state index contributed by atoms with van der Waals surface area (Å²) in [6.45, 7) is 21.5. The fourth-order valence-corrected chi connectivity index (χ4v) is 19.7. The van der Waals surface area contributed by atoms with Crippen LogP contribution in [0.3, 0.4) is 0 Å². The second-order valence-corrected chi connectivity index (χ2v) is 26.3. The molecule has 8 bridgehead atoms. The quantitative estimate of drug-likeness (QED) is 0.120. The van der Waals surface area contributed by atoms with Gasteiger partial charge in [0.15, 0.2) is 0 Å². The summed E-state index contributed by atoms with van der Waals surface area (Å²) in [6.07, 6.45) is 16.6. The number of benzene rings is 4. The molecule has 1 aromatic heterocycles. The Kier molecular flexibility index (Phi) is 11.7. The van der Waals surface area contributed by atoms with Gasteiger partial charge in [0.25, 0.3) is 0 Å². The van der Waals surface area contributed by atoms with Gasteiger partial charge in [-0.15, -0.1) is 0 Å². The van der Waals surface area contributed by atoms with Gasteiger partial charge >= 0.3 is 25.8 Å². The van der Waals surface area contributed by atoms with Gasteiger partial charge in [0, 0.05) is 29.9 Å². The predicted molar refractivity (Wildman–Crippen MR) is 276 cm³/mol. The topological polar surface area (TPSA) is 62.2 Å². The van der Waals surface area contributed by atoms with E-state index < -0.39 is 0 Å². The molecule has 4 nitrogen and oxygen atoms in total. The fraction of sp³-hybridized carbons (Fsp3) is 0.508. The van der Waals surface area contributed by atoms with Crippen LogP contribution in [0.2, 0.25) is 0 Å². The summed E-state index contributed by atoms with van der Waals surface area (Å²) in [7, 11) is 0. The smallest absolute Gasteiger partial charge is 0.872 e. The van der Waals surface area contributed by atoms with Crippen molar-refractivity contribution in [2.45, 2.75) is 156 Å². The molecule has 0 atom stereocenters. The van der Waals surface area contributed by atoms with Crippen molar-refractivity contribution in [2.75, 3.05) is 18.0 Å².